The van der Waals surface area contributed by atoms with Gasteiger partial charge in [-0.2, -0.15) is 5.10 Å². The molecular weight excluding hydrogens is 1120 g/mol. The van der Waals surface area contributed by atoms with Crippen molar-refractivity contribution in [3.8, 4) is 5.75 Å². The Bertz CT molecular complexity index is 3580. The van der Waals surface area contributed by atoms with Crippen LogP contribution in [0.4, 0.5) is 32.3 Å². The third kappa shape index (κ3) is 13.4. The average Bonchev–Trinajstić information content (AvgIpc) is 1.57. The molecular formula is C63H83FN14O7S. The molecule has 3 fully saturated rings. The Morgan fingerprint density at radius 2 is 1.57 bits per heavy atom. The molecule has 3 amide bonds. The molecule has 23 heteroatoms. The fourth-order valence-corrected chi connectivity index (χ4v) is 13.2. The van der Waals surface area contributed by atoms with Gasteiger partial charge in [-0.05, 0) is 123 Å². The second kappa shape index (κ2) is 24.4. The molecule has 21 nitrogen and oxygen atoms in total. The number of aromatic nitrogens is 6. The number of pyridine rings is 2. The standard InChI is InChI=1S/C63H83FN14O7S/c1-40-33-75(24-23-74(40)35-48-36-77(60(81)85-61(5,6)7)41(2)34-76(48)37-55(79)78-38-63(11,12)56-51(78)28-45(31-66-56)27-44-13-16-47(64)17-14-44)59(80)46-15-18-54(65-32-46)73-21-19-72(20-22-73)25-26-84-52-30-50-49(29-53(52)86(82,83)62(8,9)10)58(68-39-67-50)69-57-42(3)43(4)70-71-57/h13-18,28-32,39-41,48H,19-27,33-38H2,1-12H3,(H2,67,68,69,70,71)/t40?,41-,48+/m1/s1. The van der Waals surface area contributed by atoms with Gasteiger partial charge in [0.25, 0.3) is 5.91 Å². The first-order valence-electron chi connectivity index (χ1n) is 29.8. The summed E-state index contributed by atoms with van der Waals surface area (Å²) in [6.07, 6.45) is 5.12. The van der Waals surface area contributed by atoms with Crippen molar-refractivity contribution in [1.29, 1.82) is 0 Å². The van der Waals surface area contributed by atoms with Crippen molar-refractivity contribution in [2.24, 2.45) is 0 Å². The van der Waals surface area contributed by atoms with Crippen molar-refractivity contribution in [2.75, 3.05) is 107 Å². The van der Waals surface area contributed by atoms with E-state index in [1.165, 1.54) is 18.5 Å². The van der Waals surface area contributed by atoms with E-state index < -0.39 is 20.2 Å². The van der Waals surface area contributed by atoms with Gasteiger partial charge in [-0.25, -0.2) is 32.6 Å². The Balaban J connectivity index is 0.743. The highest BCUT2D eigenvalue weighted by Gasteiger charge is 2.44. The molecule has 6 aromatic rings. The first-order valence-corrected chi connectivity index (χ1v) is 31.3. The SMILES string of the molecule is Cc1n[nH]c(Nc2ncnc3cc(OCCN4CCN(c5ccc(C(=O)N6CCN(C[C@H]7CN(C(=O)OC(C)(C)C)[C@H](C)CN7CC(=O)N7CC(C)(C)c8ncc(Cc9ccc(F)cc9)cc87)C(C)C6)cn5)CC4)c(S(=O)(=O)C(C)(C)C)cc23)c1C. The van der Waals surface area contributed by atoms with Crippen molar-refractivity contribution in [3.05, 3.63) is 113 Å². The maximum atomic E-state index is 14.7. The zero-order valence-corrected chi connectivity index (χ0v) is 52.6. The largest absolute Gasteiger partial charge is 0.491 e. The summed E-state index contributed by atoms with van der Waals surface area (Å²) in [5.41, 5.74) is 5.28. The molecule has 0 spiro atoms. The Labute approximate surface area is 504 Å². The Kier molecular flexibility index (Phi) is 17.5. The number of rotatable bonds is 15. The second-order valence-electron chi connectivity index (χ2n) is 26.2. The monoisotopic (exact) mass is 1200 g/mol. The number of H-pyrrole nitrogens is 1. The predicted octanol–water partition coefficient (Wildman–Crippen LogP) is 7.79. The van der Waals surface area contributed by atoms with E-state index in [9.17, 15) is 27.2 Å². The first-order chi connectivity index (χ1) is 40.6. The lowest BCUT2D eigenvalue weighted by atomic mass is 9.91. The van der Waals surface area contributed by atoms with E-state index >= 15 is 0 Å². The molecule has 0 aliphatic carbocycles. The first kappa shape index (κ1) is 61.7. The van der Waals surface area contributed by atoms with Gasteiger partial charge in [0.1, 0.15) is 52.5 Å². The normalized spacial score (nSPS) is 19.9. The number of amides is 3. The second-order valence-corrected chi connectivity index (χ2v) is 28.9. The van der Waals surface area contributed by atoms with E-state index in [2.05, 4.69) is 65.9 Å². The molecule has 10 rings (SSSR count). The van der Waals surface area contributed by atoms with Crippen LogP contribution in [0.25, 0.3) is 10.9 Å². The fourth-order valence-electron chi connectivity index (χ4n) is 11.9. The third-order valence-electron chi connectivity index (χ3n) is 17.1. The van der Waals surface area contributed by atoms with Gasteiger partial charge in [0.15, 0.2) is 9.84 Å². The maximum Gasteiger partial charge on any atom is 0.410 e. The number of carbonyl (C=O) groups is 3. The van der Waals surface area contributed by atoms with Crippen LogP contribution in [-0.2, 0) is 31.2 Å². The average molecular weight is 1200 g/mol. The number of sulfone groups is 1. The summed E-state index contributed by atoms with van der Waals surface area (Å²) in [5, 5.41) is 11.1. The minimum atomic E-state index is -3.85. The summed E-state index contributed by atoms with van der Waals surface area (Å²) in [4.78, 5) is 75.8. The lowest BCUT2D eigenvalue weighted by Crippen LogP contribution is -2.65. The molecule has 8 heterocycles. The lowest BCUT2D eigenvalue weighted by molar-refractivity contribution is -0.121. The van der Waals surface area contributed by atoms with Crippen LogP contribution < -0.4 is 19.9 Å². The van der Waals surface area contributed by atoms with Crippen LogP contribution >= 0.6 is 0 Å². The number of nitrogens with zero attached hydrogens (tertiary/aromatic N) is 12. The number of nitrogens with one attached hydrogen (secondary N) is 2. The molecule has 0 radical (unpaired) electrons. The highest BCUT2D eigenvalue weighted by molar-refractivity contribution is 7.92. The van der Waals surface area contributed by atoms with E-state index in [0.717, 1.165) is 52.7 Å². The summed E-state index contributed by atoms with van der Waals surface area (Å²) in [6.45, 7) is 30.0. The quantitative estimate of drug-likeness (QED) is 0.100. The van der Waals surface area contributed by atoms with Gasteiger partial charge < -0.3 is 34.4 Å². The summed E-state index contributed by atoms with van der Waals surface area (Å²) >= 11 is 0. The van der Waals surface area contributed by atoms with Crippen LogP contribution in [0.5, 0.6) is 5.75 Å². The van der Waals surface area contributed by atoms with Crippen LogP contribution in [0.15, 0.2) is 78.2 Å². The predicted molar refractivity (Wildman–Crippen MR) is 330 cm³/mol. The van der Waals surface area contributed by atoms with E-state index in [-0.39, 0.29) is 71.1 Å². The number of aromatic amines is 1. The molecule has 3 saturated heterocycles. The molecule has 1 unspecified atom stereocenters. The van der Waals surface area contributed by atoms with Crippen molar-refractivity contribution >= 4 is 61.8 Å². The number of aryl methyl sites for hydroxylation is 1. The van der Waals surface area contributed by atoms with Crippen LogP contribution in [0.1, 0.15) is 108 Å². The van der Waals surface area contributed by atoms with Gasteiger partial charge in [-0.3, -0.25) is 34.4 Å². The highest BCUT2D eigenvalue weighted by atomic mass is 32.2. The van der Waals surface area contributed by atoms with Gasteiger partial charge >= 0.3 is 6.09 Å². The summed E-state index contributed by atoms with van der Waals surface area (Å²) < 4.78 is 53.0. The molecule has 460 valence electrons. The topological polar surface area (TPSA) is 219 Å². The van der Waals surface area contributed by atoms with Crippen molar-refractivity contribution in [2.45, 2.75) is 128 Å². The summed E-state index contributed by atoms with van der Waals surface area (Å²) in [6, 6.07) is 15.1. The van der Waals surface area contributed by atoms with E-state index in [4.69, 9.17) is 19.4 Å². The Hall–Kier alpha value is -7.34. The number of piperazine rings is 3. The molecule has 2 aromatic carbocycles. The molecule has 4 aliphatic rings. The van der Waals surface area contributed by atoms with Gasteiger partial charge in [0.2, 0.25) is 5.91 Å². The van der Waals surface area contributed by atoms with Gasteiger partial charge in [-0.1, -0.05) is 26.0 Å². The fraction of sp³-hybridized carbons (Fsp3) is 0.524. The zero-order valence-electron chi connectivity index (χ0n) is 51.8. The maximum absolute atomic E-state index is 14.7. The number of fused-ring (bicyclic) bond motifs is 2. The summed E-state index contributed by atoms with van der Waals surface area (Å²) in [5.74, 6) is 1.70. The number of benzene rings is 2. The number of hydrogen-bond donors (Lipinski definition) is 2. The number of anilines is 4. The third-order valence-corrected chi connectivity index (χ3v) is 19.6. The highest BCUT2D eigenvalue weighted by Crippen LogP contribution is 2.41. The molecule has 4 aliphatic heterocycles. The van der Waals surface area contributed by atoms with Crippen LogP contribution in [0.2, 0.25) is 0 Å². The van der Waals surface area contributed by atoms with Gasteiger partial charge in [0.05, 0.1) is 39.4 Å². The molecule has 2 N–H and O–H groups in total. The molecule has 4 aromatic heterocycles. The van der Waals surface area contributed by atoms with Crippen molar-refractivity contribution in [3.63, 3.8) is 0 Å². The Morgan fingerprint density at radius 1 is 0.826 bits per heavy atom. The minimum Gasteiger partial charge on any atom is -0.491 e. The van der Waals surface area contributed by atoms with Crippen LogP contribution in [0.3, 0.4) is 0 Å². The number of carbonyl (C=O) groups excluding carboxylic acids is 3. The smallest absolute Gasteiger partial charge is 0.410 e. The molecule has 3 atom stereocenters. The number of hydrogen-bond acceptors (Lipinski definition) is 17. The zero-order chi connectivity index (χ0) is 61.6. The van der Waals surface area contributed by atoms with Crippen LogP contribution in [0, 0.1) is 19.7 Å². The number of ether oxygens (including phenoxy) is 2. The molecule has 86 heavy (non-hydrogen) atoms. The van der Waals surface area contributed by atoms with E-state index in [1.807, 2.05) is 75.7 Å². The van der Waals surface area contributed by atoms with Gasteiger partial charge in [-0.15, -0.1) is 0 Å². The van der Waals surface area contributed by atoms with Crippen molar-refractivity contribution in [1.82, 2.24) is 54.6 Å². The van der Waals surface area contributed by atoms with Crippen molar-refractivity contribution < 1.29 is 36.7 Å². The summed E-state index contributed by atoms with van der Waals surface area (Å²) in [7, 11) is -3.85. The minimum absolute atomic E-state index is 0.0239. The van der Waals surface area contributed by atoms with Gasteiger partial charge in [0, 0.05) is 131 Å². The Morgan fingerprint density at radius 3 is 2.23 bits per heavy atom. The van der Waals surface area contributed by atoms with Crippen LogP contribution in [-0.4, -0.2) is 201 Å². The molecule has 0 saturated carbocycles. The number of halogens is 1. The molecule has 0 bridgehead atoms. The van der Waals surface area contributed by atoms with E-state index in [0.29, 0.717) is 100.0 Å². The lowest BCUT2D eigenvalue weighted by Gasteiger charge is -2.48. The van der Waals surface area contributed by atoms with E-state index in [1.54, 1.807) is 56.1 Å².